The predicted molar refractivity (Wildman–Crippen MR) is 120 cm³/mol. The second kappa shape index (κ2) is 8.41. The Labute approximate surface area is 184 Å². The van der Waals surface area contributed by atoms with Gasteiger partial charge in [-0.3, -0.25) is 9.79 Å². The van der Waals surface area contributed by atoms with Crippen LogP contribution in [0, 0.1) is 0 Å². The van der Waals surface area contributed by atoms with Crippen molar-refractivity contribution >= 4 is 34.0 Å². The van der Waals surface area contributed by atoms with Gasteiger partial charge >= 0.3 is 0 Å². The number of nitrogens with one attached hydrogen (secondary N) is 2. The van der Waals surface area contributed by atoms with Gasteiger partial charge in [0, 0.05) is 37.4 Å². The molecule has 2 aliphatic heterocycles. The standard InChI is InChI=1S/C22H26N6O2S/c1-27(2)11-14-12-28(17-6-4-3-5-16(14)17)19-18-21(24-13-23-19)31-22(26-18)20(29)25-15-7-9-30-10-8-15/h3-6,12,15,23H,7-11,13H2,1-2H3,(H,25,29). The van der Waals surface area contributed by atoms with Crippen molar-refractivity contribution in [2.75, 3.05) is 34.0 Å². The Morgan fingerprint density at radius 3 is 2.94 bits per heavy atom. The summed E-state index contributed by atoms with van der Waals surface area (Å²) >= 11 is 1.35. The quantitative estimate of drug-likeness (QED) is 0.618. The fourth-order valence-corrected chi connectivity index (χ4v) is 4.97. The number of rotatable bonds is 5. The zero-order chi connectivity index (χ0) is 21.4. The fourth-order valence-electron chi connectivity index (χ4n) is 4.13. The van der Waals surface area contributed by atoms with Crippen molar-refractivity contribution in [2.24, 2.45) is 4.99 Å². The molecule has 4 heterocycles. The van der Waals surface area contributed by atoms with Gasteiger partial charge in [-0.05, 0) is 38.6 Å². The molecule has 0 spiro atoms. The van der Waals surface area contributed by atoms with E-state index in [4.69, 9.17) is 9.72 Å². The molecule has 162 valence electrons. The molecule has 0 radical (unpaired) electrons. The number of para-hydroxylation sites is 1. The second-order valence-electron chi connectivity index (χ2n) is 8.15. The molecule has 9 heteroatoms. The van der Waals surface area contributed by atoms with E-state index in [1.807, 2.05) is 6.07 Å². The molecule has 2 aliphatic rings. The number of nitrogens with zero attached hydrogens (tertiary/aromatic N) is 4. The molecule has 0 unspecified atom stereocenters. The number of ether oxygens (including phenoxy) is 1. The lowest BCUT2D eigenvalue weighted by molar-refractivity contribution is 0.0696. The molecule has 2 aromatic heterocycles. The van der Waals surface area contributed by atoms with Crippen LogP contribution in [0.3, 0.4) is 0 Å². The van der Waals surface area contributed by atoms with Gasteiger partial charge < -0.3 is 24.8 Å². The minimum Gasteiger partial charge on any atom is -0.381 e. The number of thiazole rings is 1. The van der Waals surface area contributed by atoms with Crippen molar-refractivity contribution in [3.63, 3.8) is 0 Å². The molecular weight excluding hydrogens is 412 g/mol. The minimum atomic E-state index is -0.133. The van der Waals surface area contributed by atoms with Gasteiger partial charge in [-0.2, -0.15) is 0 Å². The van der Waals surface area contributed by atoms with Gasteiger partial charge in [-0.15, -0.1) is 0 Å². The van der Waals surface area contributed by atoms with Crippen LogP contribution in [0.4, 0.5) is 0 Å². The van der Waals surface area contributed by atoms with E-state index in [0.29, 0.717) is 24.9 Å². The van der Waals surface area contributed by atoms with E-state index in [1.54, 1.807) is 0 Å². The zero-order valence-corrected chi connectivity index (χ0v) is 18.5. The van der Waals surface area contributed by atoms with E-state index >= 15 is 0 Å². The highest BCUT2D eigenvalue weighted by Crippen LogP contribution is 2.24. The van der Waals surface area contributed by atoms with Crippen LogP contribution in [-0.2, 0) is 11.3 Å². The van der Waals surface area contributed by atoms with Crippen molar-refractivity contribution in [1.29, 1.82) is 0 Å². The molecule has 8 nitrogen and oxygen atoms in total. The van der Waals surface area contributed by atoms with Crippen LogP contribution < -0.4 is 20.7 Å². The van der Waals surface area contributed by atoms with Gasteiger partial charge in [-0.1, -0.05) is 29.5 Å². The molecule has 1 fully saturated rings. The average Bonchev–Trinajstić information content (AvgIpc) is 3.36. The Bertz CT molecular complexity index is 1240. The first-order valence-corrected chi connectivity index (χ1v) is 11.3. The van der Waals surface area contributed by atoms with E-state index in [0.717, 1.165) is 40.7 Å². The molecular formula is C22H26N6O2S. The van der Waals surface area contributed by atoms with Gasteiger partial charge in [0.15, 0.2) is 5.01 Å². The van der Waals surface area contributed by atoms with Gasteiger partial charge in [0.2, 0.25) is 0 Å². The molecule has 0 atom stereocenters. The van der Waals surface area contributed by atoms with Crippen molar-refractivity contribution in [3.05, 3.63) is 51.1 Å². The highest BCUT2D eigenvalue weighted by Gasteiger charge is 2.22. The maximum Gasteiger partial charge on any atom is 0.280 e. The van der Waals surface area contributed by atoms with Crippen LogP contribution in [0.15, 0.2) is 35.5 Å². The van der Waals surface area contributed by atoms with Crippen molar-refractivity contribution < 1.29 is 9.53 Å². The highest BCUT2D eigenvalue weighted by molar-refractivity contribution is 7.11. The monoisotopic (exact) mass is 438 g/mol. The summed E-state index contributed by atoms with van der Waals surface area (Å²) in [4.78, 5) is 24.2. The lowest BCUT2D eigenvalue weighted by atomic mass is 10.1. The molecule has 3 aromatic rings. The smallest absolute Gasteiger partial charge is 0.280 e. The molecule has 0 saturated carbocycles. The predicted octanol–water partition coefficient (Wildman–Crippen LogP) is 0.863. The Balaban J connectivity index is 1.56. The number of hydrogen-bond donors (Lipinski definition) is 2. The first kappa shape index (κ1) is 20.2. The SMILES string of the molecule is CN(C)Cc1cn(C2=c3nc(C(=O)NC4CCOCC4)sc3=NCN2)c2ccccc12. The summed E-state index contributed by atoms with van der Waals surface area (Å²) in [6.07, 6.45) is 3.83. The third-order valence-electron chi connectivity index (χ3n) is 5.58. The summed E-state index contributed by atoms with van der Waals surface area (Å²) in [7, 11) is 4.14. The van der Waals surface area contributed by atoms with Crippen LogP contribution in [0.1, 0.15) is 28.2 Å². The first-order valence-electron chi connectivity index (χ1n) is 10.5. The number of fused-ring (bicyclic) bond motifs is 2. The third kappa shape index (κ3) is 3.96. The molecule has 0 aliphatic carbocycles. The average molecular weight is 439 g/mol. The molecule has 5 rings (SSSR count). The van der Waals surface area contributed by atoms with E-state index in [-0.39, 0.29) is 11.9 Å². The topological polar surface area (TPSA) is 83.8 Å². The van der Waals surface area contributed by atoms with Crippen LogP contribution in [0.2, 0.25) is 0 Å². The lowest BCUT2D eigenvalue weighted by Gasteiger charge is -2.22. The molecule has 1 aromatic carbocycles. The number of carbonyl (C=O) groups excluding carboxylic acids is 1. The lowest BCUT2D eigenvalue weighted by Crippen LogP contribution is -2.40. The number of hydrogen-bond acceptors (Lipinski definition) is 7. The van der Waals surface area contributed by atoms with Gasteiger partial charge in [0.1, 0.15) is 22.5 Å². The normalized spacial score (nSPS) is 16.8. The summed E-state index contributed by atoms with van der Waals surface area (Å²) in [6.45, 7) is 2.67. The zero-order valence-electron chi connectivity index (χ0n) is 17.7. The number of amides is 1. The second-order valence-corrected chi connectivity index (χ2v) is 9.13. The largest absolute Gasteiger partial charge is 0.381 e. The van der Waals surface area contributed by atoms with Gasteiger partial charge in [0.25, 0.3) is 5.91 Å². The van der Waals surface area contributed by atoms with E-state index in [1.165, 1.54) is 22.3 Å². The summed E-state index contributed by atoms with van der Waals surface area (Å²) < 4.78 is 8.31. The van der Waals surface area contributed by atoms with Gasteiger partial charge in [0.05, 0.1) is 5.52 Å². The van der Waals surface area contributed by atoms with Gasteiger partial charge in [-0.25, -0.2) is 4.98 Å². The number of benzene rings is 1. The van der Waals surface area contributed by atoms with E-state index in [2.05, 4.69) is 63.6 Å². The molecule has 0 bridgehead atoms. The number of carbonyl (C=O) groups is 1. The summed E-state index contributed by atoms with van der Waals surface area (Å²) in [5.74, 6) is 0.735. The van der Waals surface area contributed by atoms with Crippen LogP contribution in [0.25, 0.3) is 16.7 Å². The Morgan fingerprint density at radius 1 is 1.32 bits per heavy atom. The Hall–Kier alpha value is -2.75. The molecule has 1 saturated heterocycles. The van der Waals surface area contributed by atoms with Crippen LogP contribution in [0.5, 0.6) is 0 Å². The Morgan fingerprint density at radius 2 is 2.13 bits per heavy atom. The summed E-state index contributed by atoms with van der Waals surface area (Å²) in [5, 5.41) is 8.87. The minimum absolute atomic E-state index is 0.133. The summed E-state index contributed by atoms with van der Waals surface area (Å²) in [6, 6.07) is 8.50. The maximum absolute atomic E-state index is 12.8. The van der Waals surface area contributed by atoms with Crippen LogP contribution >= 0.6 is 11.3 Å². The van der Waals surface area contributed by atoms with Crippen molar-refractivity contribution in [2.45, 2.75) is 25.4 Å². The highest BCUT2D eigenvalue weighted by atomic mass is 32.1. The first-order chi connectivity index (χ1) is 15.1. The fraction of sp³-hybridized carbons (Fsp3) is 0.409. The van der Waals surface area contributed by atoms with Crippen molar-refractivity contribution in [1.82, 2.24) is 25.1 Å². The maximum atomic E-state index is 12.8. The Kier molecular flexibility index (Phi) is 5.47. The molecule has 2 N–H and O–H groups in total. The molecule has 31 heavy (non-hydrogen) atoms. The van der Waals surface area contributed by atoms with E-state index in [9.17, 15) is 4.79 Å². The number of aromatic nitrogens is 2. The van der Waals surface area contributed by atoms with Crippen molar-refractivity contribution in [3.8, 4) is 0 Å². The molecule has 1 amide bonds. The van der Waals surface area contributed by atoms with Crippen LogP contribution in [-0.4, -0.2) is 60.4 Å². The summed E-state index contributed by atoms with van der Waals surface area (Å²) in [5.41, 5.74) is 2.35. The van der Waals surface area contributed by atoms with E-state index < -0.39 is 0 Å². The third-order valence-corrected chi connectivity index (χ3v) is 6.56.